The van der Waals surface area contributed by atoms with E-state index in [1.807, 2.05) is 0 Å². The zero-order valence-corrected chi connectivity index (χ0v) is 16.9. The van der Waals surface area contributed by atoms with Crippen molar-refractivity contribution in [1.82, 2.24) is 9.80 Å². The second-order valence-corrected chi connectivity index (χ2v) is 7.16. The topological polar surface area (TPSA) is 6.48 Å². The molecule has 0 atom stereocenters. The lowest BCUT2D eigenvalue weighted by Crippen LogP contribution is -3.00. The normalized spacial score (nSPS) is 13.3. The fraction of sp³-hybridized carbons (Fsp3) is 0.143. The molecule has 0 saturated heterocycles. The molecule has 0 N–H and O–H groups in total. The van der Waals surface area contributed by atoms with Crippen molar-refractivity contribution in [2.75, 3.05) is 6.67 Å². The van der Waals surface area contributed by atoms with Gasteiger partial charge in [0.15, 0.2) is 0 Å². The van der Waals surface area contributed by atoms with Crippen LogP contribution in [0.5, 0.6) is 0 Å². The quantitative estimate of drug-likeness (QED) is 0.592. The first-order valence-corrected chi connectivity index (χ1v) is 8.94. The summed E-state index contributed by atoms with van der Waals surface area (Å²) in [4.78, 5) is 4.69. The van der Waals surface area contributed by atoms with Gasteiger partial charge in [0.25, 0.3) is 0 Å². The zero-order valence-electron chi connectivity index (χ0n) is 13.8. The monoisotopic (exact) mass is 457 g/mol. The van der Waals surface area contributed by atoms with Crippen LogP contribution in [0, 0.1) is 0 Å². The van der Waals surface area contributed by atoms with Gasteiger partial charge in [0.05, 0.1) is 6.67 Å². The molecular formula is C21H19Br2N2-. The van der Waals surface area contributed by atoms with E-state index in [1.165, 1.54) is 21.9 Å². The average Bonchev–Trinajstić information content (AvgIpc) is 3.04. The van der Waals surface area contributed by atoms with Crippen molar-refractivity contribution in [2.45, 2.75) is 13.1 Å². The minimum absolute atomic E-state index is 0. The number of nitrogens with zero attached hydrogens (tertiary/aromatic N) is 2. The summed E-state index contributed by atoms with van der Waals surface area (Å²) >= 11 is 3.49. The van der Waals surface area contributed by atoms with Crippen LogP contribution in [0.25, 0.3) is 10.8 Å². The predicted octanol–water partition coefficient (Wildman–Crippen LogP) is 2.35. The Morgan fingerprint density at radius 1 is 0.720 bits per heavy atom. The molecule has 1 heterocycles. The summed E-state index contributed by atoms with van der Waals surface area (Å²) in [5.41, 5.74) is 2.68. The Balaban J connectivity index is 0.00000182. The summed E-state index contributed by atoms with van der Waals surface area (Å²) in [6.07, 6.45) is 4.37. The highest BCUT2D eigenvalue weighted by atomic mass is 79.9. The number of fused-ring (bicyclic) bond motifs is 1. The van der Waals surface area contributed by atoms with Gasteiger partial charge in [-0.15, -0.1) is 0 Å². The maximum absolute atomic E-state index is 3.49. The van der Waals surface area contributed by atoms with Crippen LogP contribution >= 0.6 is 15.9 Å². The minimum Gasteiger partial charge on any atom is -1.00 e. The highest BCUT2D eigenvalue weighted by Crippen LogP contribution is 2.20. The fourth-order valence-corrected chi connectivity index (χ4v) is 3.38. The summed E-state index contributed by atoms with van der Waals surface area (Å²) in [5.74, 6) is 0. The lowest BCUT2D eigenvalue weighted by molar-refractivity contribution is -0.00000462. The maximum Gasteiger partial charge on any atom is 0.0900 e. The van der Waals surface area contributed by atoms with Crippen LogP contribution in [0.4, 0.5) is 0 Å². The lowest BCUT2D eigenvalue weighted by atomic mass is 10.1. The van der Waals surface area contributed by atoms with Crippen LogP contribution in [0.2, 0.25) is 0 Å². The van der Waals surface area contributed by atoms with Crippen molar-refractivity contribution in [3.63, 3.8) is 0 Å². The molecule has 2 nitrogen and oxygen atoms in total. The summed E-state index contributed by atoms with van der Waals surface area (Å²) in [6.45, 7) is 2.82. The third-order valence-corrected chi connectivity index (χ3v) is 4.88. The van der Waals surface area contributed by atoms with Gasteiger partial charge >= 0.3 is 0 Å². The molecule has 3 aromatic carbocycles. The third-order valence-electron chi connectivity index (χ3n) is 4.35. The fourth-order valence-electron chi connectivity index (χ4n) is 3.12. The molecule has 0 fully saturated rings. The largest absolute Gasteiger partial charge is 1.00 e. The van der Waals surface area contributed by atoms with Gasteiger partial charge in [-0.05, 0) is 40.1 Å². The van der Waals surface area contributed by atoms with Crippen molar-refractivity contribution >= 4 is 26.7 Å². The Kier molecular flexibility index (Phi) is 5.82. The molecule has 0 saturated carbocycles. The summed E-state index contributed by atoms with van der Waals surface area (Å²) < 4.78 is 1.13. The predicted molar refractivity (Wildman–Crippen MR) is 103 cm³/mol. The molecule has 4 rings (SSSR count). The SMILES string of the molecule is Brc1ccc(CN2C=CN(Cc3ccc4ccccc4c3)C2)cc1.[Br-]. The molecule has 0 radical (unpaired) electrons. The molecule has 0 bridgehead atoms. The highest BCUT2D eigenvalue weighted by molar-refractivity contribution is 9.10. The summed E-state index contributed by atoms with van der Waals surface area (Å²) in [6, 6.07) is 23.8. The van der Waals surface area contributed by atoms with Gasteiger partial charge in [-0.3, -0.25) is 0 Å². The van der Waals surface area contributed by atoms with E-state index in [-0.39, 0.29) is 17.0 Å². The van der Waals surface area contributed by atoms with Gasteiger partial charge in [-0.1, -0.05) is 64.5 Å². The summed E-state index contributed by atoms with van der Waals surface area (Å²) in [5, 5.41) is 2.61. The van der Waals surface area contributed by atoms with Crippen LogP contribution in [0.1, 0.15) is 11.1 Å². The number of hydrogen-bond donors (Lipinski definition) is 0. The van der Waals surface area contributed by atoms with Crippen molar-refractivity contribution in [3.8, 4) is 0 Å². The maximum atomic E-state index is 3.49. The van der Waals surface area contributed by atoms with E-state index in [0.29, 0.717) is 0 Å². The number of benzene rings is 3. The van der Waals surface area contributed by atoms with Crippen LogP contribution in [0.15, 0.2) is 83.6 Å². The minimum atomic E-state index is 0. The van der Waals surface area contributed by atoms with Gasteiger partial charge in [0.1, 0.15) is 0 Å². The molecule has 0 aliphatic carbocycles. The Labute approximate surface area is 167 Å². The van der Waals surface area contributed by atoms with E-state index in [0.717, 1.165) is 24.2 Å². The van der Waals surface area contributed by atoms with Gasteiger partial charge in [-0.25, -0.2) is 0 Å². The molecule has 0 unspecified atom stereocenters. The first-order valence-electron chi connectivity index (χ1n) is 8.15. The first kappa shape index (κ1) is 18.0. The zero-order chi connectivity index (χ0) is 16.4. The van der Waals surface area contributed by atoms with Crippen LogP contribution in [-0.2, 0) is 13.1 Å². The van der Waals surface area contributed by atoms with Gasteiger partial charge in [0.2, 0.25) is 0 Å². The van der Waals surface area contributed by atoms with Crippen molar-refractivity contribution < 1.29 is 17.0 Å². The van der Waals surface area contributed by atoms with Gasteiger partial charge < -0.3 is 26.8 Å². The van der Waals surface area contributed by atoms with E-state index in [1.54, 1.807) is 0 Å². The molecule has 25 heavy (non-hydrogen) atoms. The molecule has 0 aromatic heterocycles. The van der Waals surface area contributed by atoms with Gasteiger partial charge in [-0.2, -0.15) is 0 Å². The van der Waals surface area contributed by atoms with Crippen LogP contribution < -0.4 is 17.0 Å². The van der Waals surface area contributed by atoms with Gasteiger partial charge in [0, 0.05) is 30.0 Å². The van der Waals surface area contributed by atoms with Crippen molar-refractivity contribution in [1.29, 1.82) is 0 Å². The number of halogens is 2. The molecule has 0 amide bonds. The van der Waals surface area contributed by atoms with E-state index < -0.39 is 0 Å². The molecule has 128 valence electrons. The second kappa shape index (κ2) is 8.07. The number of rotatable bonds is 4. The van der Waals surface area contributed by atoms with Crippen LogP contribution in [0.3, 0.4) is 0 Å². The standard InChI is InChI=1S/C21H19BrN2.BrH/c22-21-9-6-17(7-10-21)14-23-11-12-24(16-23)15-18-5-8-19-3-1-2-4-20(19)13-18;/h1-13H,14-16H2;1H/p-1. The first-order chi connectivity index (χ1) is 11.8. The molecule has 1 aliphatic rings. The molecule has 3 aromatic rings. The van der Waals surface area contributed by atoms with E-state index in [9.17, 15) is 0 Å². The Bertz CT molecular complexity index is 874. The Morgan fingerprint density at radius 3 is 2.04 bits per heavy atom. The molecule has 4 heteroatoms. The smallest absolute Gasteiger partial charge is 0.0900 e. The van der Waals surface area contributed by atoms with Crippen LogP contribution in [-0.4, -0.2) is 16.5 Å². The van der Waals surface area contributed by atoms with Crippen molar-refractivity contribution in [3.05, 3.63) is 94.7 Å². The molecule has 1 aliphatic heterocycles. The number of hydrogen-bond acceptors (Lipinski definition) is 2. The van der Waals surface area contributed by atoms with E-state index in [4.69, 9.17) is 0 Å². The lowest BCUT2D eigenvalue weighted by Gasteiger charge is -2.21. The average molecular weight is 459 g/mol. The van der Waals surface area contributed by atoms with E-state index >= 15 is 0 Å². The third kappa shape index (κ3) is 4.44. The highest BCUT2D eigenvalue weighted by Gasteiger charge is 2.13. The Morgan fingerprint density at radius 2 is 1.32 bits per heavy atom. The molecule has 0 spiro atoms. The van der Waals surface area contributed by atoms with E-state index in [2.05, 4.69) is 105 Å². The molecular weight excluding hydrogens is 440 g/mol. The summed E-state index contributed by atoms with van der Waals surface area (Å²) in [7, 11) is 0. The second-order valence-electron chi connectivity index (χ2n) is 6.24. The Hall–Kier alpha value is -1.78. The van der Waals surface area contributed by atoms with Crippen molar-refractivity contribution in [2.24, 2.45) is 0 Å².